The number of carbonyl (C=O) groups excluding carboxylic acids is 1. The third kappa shape index (κ3) is 3.99. The van der Waals surface area contributed by atoms with Crippen LogP contribution in [-0.4, -0.2) is 42.7 Å². The van der Waals surface area contributed by atoms with E-state index >= 15 is 0 Å². The molecule has 0 aliphatic carbocycles. The maximum Gasteiger partial charge on any atom is 0.262 e. The largest absolute Gasteiger partial charge is 0.495 e. The lowest BCUT2D eigenvalue weighted by atomic mass is 10.2. The first kappa shape index (κ1) is 19.4. The van der Waals surface area contributed by atoms with Gasteiger partial charge in [-0.2, -0.15) is 0 Å². The highest BCUT2D eigenvalue weighted by Crippen LogP contribution is 2.32. The van der Waals surface area contributed by atoms with E-state index in [4.69, 9.17) is 14.2 Å². The van der Waals surface area contributed by atoms with Crippen molar-refractivity contribution in [1.82, 2.24) is 5.32 Å². The summed E-state index contributed by atoms with van der Waals surface area (Å²) in [5.74, 6) is 0.615. The summed E-state index contributed by atoms with van der Waals surface area (Å²) in [6.07, 6.45) is 0. The van der Waals surface area contributed by atoms with Gasteiger partial charge in [0.05, 0.1) is 31.9 Å². The summed E-state index contributed by atoms with van der Waals surface area (Å²) in [4.78, 5) is 11.7. The second-order valence-electron chi connectivity index (χ2n) is 5.12. The Bertz CT molecular complexity index is 911. The van der Waals surface area contributed by atoms with Crippen LogP contribution in [0.4, 0.5) is 5.69 Å². The number of anilines is 1. The van der Waals surface area contributed by atoms with Crippen molar-refractivity contribution in [2.24, 2.45) is 0 Å². The van der Waals surface area contributed by atoms with Gasteiger partial charge in [-0.15, -0.1) is 0 Å². The maximum absolute atomic E-state index is 12.7. The molecule has 8 nitrogen and oxygen atoms in total. The highest BCUT2D eigenvalue weighted by atomic mass is 32.2. The molecule has 2 rings (SSSR count). The summed E-state index contributed by atoms with van der Waals surface area (Å²) < 4.78 is 43.2. The van der Waals surface area contributed by atoms with Crippen molar-refractivity contribution >= 4 is 21.6 Å². The van der Waals surface area contributed by atoms with Crippen LogP contribution >= 0.6 is 0 Å². The Morgan fingerprint density at radius 1 is 0.885 bits per heavy atom. The predicted molar refractivity (Wildman–Crippen MR) is 96.7 cm³/mol. The predicted octanol–water partition coefficient (Wildman–Crippen LogP) is 1.87. The molecule has 0 aliphatic heterocycles. The van der Waals surface area contributed by atoms with Gasteiger partial charge in [-0.1, -0.05) is 0 Å². The van der Waals surface area contributed by atoms with Gasteiger partial charge in [-0.05, 0) is 30.3 Å². The first-order valence-corrected chi connectivity index (χ1v) is 8.99. The number of sulfonamides is 1. The third-order valence-corrected chi connectivity index (χ3v) is 4.96. The molecule has 0 saturated carbocycles. The molecule has 26 heavy (non-hydrogen) atoms. The minimum atomic E-state index is -3.91. The monoisotopic (exact) mass is 380 g/mol. The fourth-order valence-corrected chi connectivity index (χ4v) is 3.33. The molecule has 0 spiro atoms. The normalized spacial score (nSPS) is 10.8. The molecule has 1 amide bonds. The van der Waals surface area contributed by atoms with Crippen LogP contribution in [0.2, 0.25) is 0 Å². The molecule has 9 heteroatoms. The summed E-state index contributed by atoms with van der Waals surface area (Å²) >= 11 is 0. The fourth-order valence-electron chi connectivity index (χ4n) is 2.25. The molecule has 0 heterocycles. The average Bonchev–Trinajstić information content (AvgIpc) is 2.66. The summed E-state index contributed by atoms with van der Waals surface area (Å²) in [5.41, 5.74) is 0.549. The van der Waals surface area contributed by atoms with E-state index in [0.717, 1.165) is 0 Å². The number of hydrogen-bond acceptors (Lipinski definition) is 6. The summed E-state index contributed by atoms with van der Waals surface area (Å²) in [6.45, 7) is 0. The van der Waals surface area contributed by atoms with Crippen molar-refractivity contribution in [2.45, 2.75) is 4.90 Å². The van der Waals surface area contributed by atoms with Crippen molar-refractivity contribution in [3.8, 4) is 17.2 Å². The Balaban J connectivity index is 2.39. The second kappa shape index (κ2) is 7.96. The maximum atomic E-state index is 12.7. The van der Waals surface area contributed by atoms with Gasteiger partial charge in [0.25, 0.3) is 15.9 Å². The van der Waals surface area contributed by atoms with Crippen molar-refractivity contribution in [1.29, 1.82) is 0 Å². The minimum Gasteiger partial charge on any atom is -0.495 e. The fraction of sp³-hybridized carbons (Fsp3) is 0.235. The zero-order chi connectivity index (χ0) is 19.3. The molecule has 0 atom stereocenters. The Morgan fingerprint density at radius 2 is 1.54 bits per heavy atom. The lowest BCUT2D eigenvalue weighted by Crippen LogP contribution is -2.18. The van der Waals surface area contributed by atoms with Crippen LogP contribution < -0.4 is 24.2 Å². The van der Waals surface area contributed by atoms with E-state index in [0.29, 0.717) is 11.3 Å². The molecular formula is C17H20N2O6S. The topological polar surface area (TPSA) is 103 Å². The highest BCUT2D eigenvalue weighted by Gasteiger charge is 2.19. The molecule has 140 valence electrons. The number of benzene rings is 2. The van der Waals surface area contributed by atoms with Crippen LogP contribution in [0, 0.1) is 0 Å². The van der Waals surface area contributed by atoms with E-state index < -0.39 is 10.0 Å². The third-order valence-electron chi connectivity index (χ3n) is 3.60. The molecule has 0 saturated heterocycles. The zero-order valence-electron chi connectivity index (χ0n) is 14.8. The Labute approximate surface area is 152 Å². The SMILES string of the molecule is CNC(=O)c1ccc(NS(=O)(=O)c2ccc(OC)c(OC)c2)c(OC)c1. The van der Waals surface area contributed by atoms with Crippen LogP contribution in [0.15, 0.2) is 41.3 Å². The van der Waals surface area contributed by atoms with Crippen molar-refractivity contribution in [2.75, 3.05) is 33.1 Å². The van der Waals surface area contributed by atoms with Crippen LogP contribution in [0.5, 0.6) is 17.2 Å². The molecule has 0 fully saturated rings. The number of ether oxygens (including phenoxy) is 3. The van der Waals surface area contributed by atoms with Gasteiger partial charge < -0.3 is 19.5 Å². The Morgan fingerprint density at radius 3 is 2.12 bits per heavy atom. The van der Waals surface area contributed by atoms with Gasteiger partial charge in [0, 0.05) is 18.7 Å². The number of rotatable bonds is 7. The summed E-state index contributed by atoms with van der Waals surface area (Å²) in [6, 6.07) is 8.65. The lowest BCUT2D eigenvalue weighted by molar-refractivity contribution is 0.0963. The molecule has 2 aromatic carbocycles. The lowest BCUT2D eigenvalue weighted by Gasteiger charge is -2.14. The standard InChI is InChI=1S/C17H20N2O6S/c1-18-17(20)11-5-7-13(15(9-11)24-3)19-26(21,22)12-6-8-14(23-2)16(10-12)25-4/h5-10,19H,1-4H3,(H,18,20). The molecule has 0 radical (unpaired) electrons. The first-order chi connectivity index (χ1) is 12.4. The van der Waals surface area contributed by atoms with E-state index in [9.17, 15) is 13.2 Å². The average molecular weight is 380 g/mol. The Kier molecular flexibility index (Phi) is 5.93. The zero-order valence-corrected chi connectivity index (χ0v) is 15.6. The van der Waals surface area contributed by atoms with Gasteiger partial charge in [0.1, 0.15) is 5.75 Å². The van der Waals surface area contributed by atoms with Crippen LogP contribution in [0.1, 0.15) is 10.4 Å². The van der Waals surface area contributed by atoms with Gasteiger partial charge in [-0.3, -0.25) is 9.52 Å². The number of methoxy groups -OCH3 is 3. The molecule has 2 N–H and O–H groups in total. The second-order valence-corrected chi connectivity index (χ2v) is 6.80. The van der Waals surface area contributed by atoms with Gasteiger partial charge >= 0.3 is 0 Å². The summed E-state index contributed by atoms with van der Waals surface area (Å²) in [5, 5.41) is 2.49. The molecule has 0 aliphatic rings. The summed E-state index contributed by atoms with van der Waals surface area (Å²) in [7, 11) is 1.86. The first-order valence-electron chi connectivity index (χ1n) is 7.51. The van der Waals surface area contributed by atoms with Gasteiger partial charge in [0.2, 0.25) is 0 Å². The van der Waals surface area contributed by atoms with E-state index in [1.165, 1.54) is 64.8 Å². The minimum absolute atomic E-state index is 0.00687. The smallest absolute Gasteiger partial charge is 0.262 e. The van der Waals surface area contributed by atoms with E-state index in [1.54, 1.807) is 0 Å². The number of hydrogen-bond donors (Lipinski definition) is 2. The van der Waals surface area contributed by atoms with E-state index in [-0.39, 0.29) is 28.0 Å². The molecule has 0 aromatic heterocycles. The molecular weight excluding hydrogens is 360 g/mol. The van der Waals surface area contributed by atoms with Gasteiger partial charge in [-0.25, -0.2) is 8.42 Å². The highest BCUT2D eigenvalue weighted by molar-refractivity contribution is 7.92. The molecule has 2 aromatic rings. The van der Waals surface area contributed by atoms with Gasteiger partial charge in [0.15, 0.2) is 11.5 Å². The van der Waals surface area contributed by atoms with E-state index in [2.05, 4.69) is 10.0 Å². The van der Waals surface area contributed by atoms with Crippen LogP contribution in [0.25, 0.3) is 0 Å². The van der Waals surface area contributed by atoms with E-state index in [1.807, 2.05) is 0 Å². The number of amides is 1. The molecule has 0 unspecified atom stereocenters. The molecule has 0 bridgehead atoms. The quantitative estimate of drug-likeness (QED) is 0.760. The number of carbonyl (C=O) groups is 1. The van der Waals surface area contributed by atoms with Crippen LogP contribution in [-0.2, 0) is 10.0 Å². The Hall–Kier alpha value is -2.94. The van der Waals surface area contributed by atoms with Crippen molar-refractivity contribution < 1.29 is 27.4 Å². The van der Waals surface area contributed by atoms with Crippen molar-refractivity contribution in [3.05, 3.63) is 42.0 Å². The number of nitrogens with one attached hydrogen (secondary N) is 2. The van der Waals surface area contributed by atoms with Crippen molar-refractivity contribution in [3.63, 3.8) is 0 Å². The van der Waals surface area contributed by atoms with Crippen LogP contribution in [0.3, 0.4) is 0 Å².